The minimum absolute atomic E-state index is 0.238. The van der Waals surface area contributed by atoms with Crippen LogP contribution in [0.5, 0.6) is 0 Å². The number of aryl methyl sites for hydroxylation is 1. The van der Waals surface area contributed by atoms with E-state index in [1.807, 2.05) is 48.1 Å². The molecule has 1 fully saturated rings. The molecule has 3 aromatic rings. The fourth-order valence-corrected chi connectivity index (χ4v) is 2.63. The zero-order valence-electron chi connectivity index (χ0n) is 12.3. The maximum absolute atomic E-state index is 5.42. The molecule has 6 nitrogen and oxygen atoms in total. The van der Waals surface area contributed by atoms with Crippen LogP contribution in [0, 0.1) is 6.92 Å². The Morgan fingerprint density at radius 1 is 1.23 bits per heavy atom. The zero-order valence-corrected chi connectivity index (χ0v) is 12.3. The molecule has 1 saturated heterocycles. The van der Waals surface area contributed by atoms with Gasteiger partial charge < -0.3 is 9.26 Å². The number of rotatable bonds is 3. The van der Waals surface area contributed by atoms with Gasteiger partial charge >= 0.3 is 0 Å². The van der Waals surface area contributed by atoms with E-state index >= 15 is 0 Å². The Balaban J connectivity index is 1.67. The third-order valence-corrected chi connectivity index (χ3v) is 3.89. The molecule has 1 unspecified atom stereocenters. The van der Waals surface area contributed by atoms with E-state index in [1.165, 1.54) is 0 Å². The van der Waals surface area contributed by atoms with Gasteiger partial charge in [0.1, 0.15) is 0 Å². The van der Waals surface area contributed by atoms with Crippen molar-refractivity contribution in [2.45, 2.75) is 19.3 Å². The smallest absolute Gasteiger partial charge is 0.261 e. The van der Waals surface area contributed by atoms with E-state index in [4.69, 9.17) is 9.26 Å². The number of nitrogens with zero attached hydrogens (tertiary/aromatic N) is 4. The number of ether oxygens (including phenoxy) is 1. The van der Waals surface area contributed by atoms with Crippen molar-refractivity contribution in [2.75, 3.05) is 13.2 Å². The molecule has 6 heteroatoms. The standard InChI is InChI=1S/C16H16N4O2/c1-11-14(9-20(18-11)13-5-3-2-4-6-13)16-17-15(19-22-16)12-7-8-21-10-12/h2-6,9,12H,7-8,10H2,1H3. The fraction of sp³-hybridized carbons (Fsp3) is 0.312. The highest BCUT2D eigenvalue weighted by Crippen LogP contribution is 2.27. The summed E-state index contributed by atoms with van der Waals surface area (Å²) in [5.41, 5.74) is 2.73. The topological polar surface area (TPSA) is 66.0 Å². The van der Waals surface area contributed by atoms with E-state index in [0.717, 1.165) is 35.8 Å². The van der Waals surface area contributed by atoms with E-state index in [0.29, 0.717) is 12.5 Å². The van der Waals surface area contributed by atoms with Gasteiger partial charge in [-0.2, -0.15) is 10.1 Å². The third kappa shape index (κ3) is 2.31. The molecule has 1 aliphatic rings. The average molecular weight is 296 g/mol. The highest BCUT2D eigenvalue weighted by molar-refractivity contribution is 5.56. The first-order chi connectivity index (χ1) is 10.8. The second-order valence-corrected chi connectivity index (χ2v) is 5.43. The minimum Gasteiger partial charge on any atom is -0.381 e. The number of aromatic nitrogens is 4. The summed E-state index contributed by atoms with van der Waals surface area (Å²) >= 11 is 0. The molecule has 0 spiro atoms. The van der Waals surface area contributed by atoms with Crippen molar-refractivity contribution in [1.82, 2.24) is 19.9 Å². The highest BCUT2D eigenvalue weighted by Gasteiger charge is 2.24. The number of benzene rings is 1. The molecule has 0 radical (unpaired) electrons. The van der Waals surface area contributed by atoms with Crippen molar-refractivity contribution >= 4 is 0 Å². The Labute approximate surface area is 127 Å². The van der Waals surface area contributed by atoms with Gasteiger partial charge in [0.25, 0.3) is 5.89 Å². The molecular formula is C16H16N4O2. The Bertz CT molecular complexity index is 773. The molecule has 0 aliphatic carbocycles. The van der Waals surface area contributed by atoms with Crippen LogP contribution in [0.3, 0.4) is 0 Å². The first-order valence-corrected chi connectivity index (χ1v) is 7.34. The molecule has 0 bridgehead atoms. The summed E-state index contributed by atoms with van der Waals surface area (Å²) in [7, 11) is 0. The molecule has 1 aromatic carbocycles. The monoisotopic (exact) mass is 296 g/mol. The molecule has 2 aromatic heterocycles. The van der Waals surface area contributed by atoms with E-state index in [-0.39, 0.29) is 5.92 Å². The van der Waals surface area contributed by atoms with E-state index in [9.17, 15) is 0 Å². The van der Waals surface area contributed by atoms with Crippen LogP contribution >= 0.6 is 0 Å². The summed E-state index contributed by atoms with van der Waals surface area (Å²) in [6.07, 6.45) is 2.87. The van der Waals surface area contributed by atoms with Crippen molar-refractivity contribution in [1.29, 1.82) is 0 Å². The molecule has 4 rings (SSSR count). The molecule has 1 atom stereocenters. The maximum Gasteiger partial charge on any atom is 0.261 e. The average Bonchev–Trinajstić information content (AvgIpc) is 3.28. The quantitative estimate of drug-likeness (QED) is 0.743. The van der Waals surface area contributed by atoms with Gasteiger partial charge in [0, 0.05) is 18.7 Å². The van der Waals surface area contributed by atoms with Gasteiger partial charge in [0.15, 0.2) is 5.82 Å². The van der Waals surface area contributed by atoms with E-state index < -0.39 is 0 Å². The summed E-state index contributed by atoms with van der Waals surface area (Å²) < 4.78 is 12.6. The maximum atomic E-state index is 5.42. The van der Waals surface area contributed by atoms with Gasteiger partial charge in [-0.25, -0.2) is 4.68 Å². The summed E-state index contributed by atoms with van der Waals surface area (Å²) in [6.45, 7) is 3.37. The lowest BCUT2D eigenvalue weighted by atomic mass is 10.1. The van der Waals surface area contributed by atoms with Crippen molar-refractivity contribution < 1.29 is 9.26 Å². The lowest BCUT2D eigenvalue weighted by Crippen LogP contribution is -1.99. The summed E-state index contributed by atoms with van der Waals surface area (Å²) in [4.78, 5) is 4.52. The van der Waals surface area contributed by atoms with Gasteiger partial charge in [-0.1, -0.05) is 23.4 Å². The van der Waals surface area contributed by atoms with Gasteiger partial charge in [-0.05, 0) is 25.5 Å². The lowest BCUT2D eigenvalue weighted by Gasteiger charge is -1.98. The second kappa shape index (κ2) is 5.38. The van der Waals surface area contributed by atoms with Crippen LogP contribution in [-0.4, -0.2) is 33.1 Å². The van der Waals surface area contributed by atoms with Gasteiger partial charge in [-0.15, -0.1) is 0 Å². The Hall–Kier alpha value is -2.47. The molecule has 0 N–H and O–H groups in total. The Morgan fingerprint density at radius 3 is 2.86 bits per heavy atom. The normalized spacial score (nSPS) is 18.0. The predicted molar refractivity (Wildman–Crippen MR) is 79.8 cm³/mol. The second-order valence-electron chi connectivity index (χ2n) is 5.43. The fourth-order valence-electron chi connectivity index (χ4n) is 2.63. The lowest BCUT2D eigenvalue weighted by molar-refractivity contribution is 0.192. The first-order valence-electron chi connectivity index (χ1n) is 7.34. The van der Waals surface area contributed by atoms with Crippen molar-refractivity contribution in [3.05, 3.63) is 48.0 Å². The molecule has 22 heavy (non-hydrogen) atoms. The van der Waals surface area contributed by atoms with Crippen LogP contribution in [0.2, 0.25) is 0 Å². The third-order valence-electron chi connectivity index (χ3n) is 3.89. The van der Waals surface area contributed by atoms with Crippen LogP contribution < -0.4 is 0 Å². The molecule has 112 valence electrons. The van der Waals surface area contributed by atoms with E-state index in [2.05, 4.69) is 15.2 Å². The largest absolute Gasteiger partial charge is 0.381 e. The van der Waals surface area contributed by atoms with Crippen molar-refractivity contribution in [2.24, 2.45) is 0 Å². The Kier molecular flexibility index (Phi) is 3.23. The molecule has 0 amide bonds. The zero-order chi connectivity index (χ0) is 14.9. The van der Waals surface area contributed by atoms with Crippen LogP contribution in [-0.2, 0) is 4.74 Å². The van der Waals surface area contributed by atoms with Crippen molar-refractivity contribution in [3.63, 3.8) is 0 Å². The summed E-state index contributed by atoms with van der Waals surface area (Å²) in [5.74, 6) is 1.47. The van der Waals surface area contributed by atoms with Crippen molar-refractivity contribution in [3.8, 4) is 17.1 Å². The number of hydrogen-bond donors (Lipinski definition) is 0. The number of para-hydroxylation sites is 1. The minimum atomic E-state index is 0.238. The van der Waals surface area contributed by atoms with Crippen LogP contribution in [0.25, 0.3) is 17.1 Å². The molecular weight excluding hydrogens is 280 g/mol. The Morgan fingerprint density at radius 2 is 2.09 bits per heavy atom. The molecule has 3 heterocycles. The van der Waals surface area contributed by atoms with Gasteiger partial charge in [0.2, 0.25) is 0 Å². The predicted octanol–water partition coefficient (Wildman–Crippen LogP) is 2.73. The molecule has 0 saturated carbocycles. The summed E-state index contributed by atoms with van der Waals surface area (Å²) in [5, 5.41) is 8.62. The van der Waals surface area contributed by atoms with Gasteiger partial charge in [0.05, 0.1) is 23.6 Å². The first kappa shape index (κ1) is 13.2. The summed E-state index contributed by atoms with van der Waals surface area (Å²) in [6, 6.07) is 9.96. The van der Waals surface area contributed by atoms with Gasteiger partial charge in [-0.3, -0.25) is 0 Å². The van der Waals surface area contributed by atoms with Crippen LogP contribution in [0.1, 0.15) is 23.9 Å². The van der Waals surface area contributed by atoms with Crippen LogP contribution in [0.15, 0.2) is 41.1 Å². The molecule has 1 aliphatic heterocycles. The van der Waals surface area contributed by atoms with E-state index in [1.54, 1.807) is 0 Å². The van der Waals surface area contributed by atoms with Crippen LogP contribution in [0.4, 0.5) is 0 Å². The highest BCUT2D eigenvalue weighted by atomic mass is 16.5. The SMILES string of the molecule is Cc1nn(-c2ccccc2)cc1-c1nc(C2CCOC2)no1. The number of hydrogen-bond acceptors (Lipinski definition) is 5.